The minimum atomic E-state index is -0.319. The third-order valence-electron chi connectivity index (χ3n) is 3.93. The summed E-state index contributed by atoms with van der Waals surface area (Å²) < 4.78 is 5.05. The van der Waals surface area contributed by atoms with Crippen LogP contribution in [-0.4, -0.2) is 43.2 Å². The molecule has 2 N–H and O–H groups in total. The molecule has 1 saturated carbocycles. The molecule has 0 aromatic carbocycles. The number of fused-ring (bicyclic) bond motifs is 1. The number of carbonyl (C=O) groups is 1. The van der Waals surface area contributed by atoms with E-state index in [9.17, 15) is 4.79 Å². The monoisotopic (exact) mass is 212 g/mol. The SMILES string of the molecule is COC(C)C(=O)N1CC2CCC(N)C2C1. The van der Waals surface area contributed by atoms with Gasteiger partial charge >= 0.3 is 0 Å². The first kappa shape index (κ1) is 10.9. The van der Waals surface area contributed by atoms with Crippen molar-refractivity contribution in [1.82, 2.24) is 4.90 Å². The minimum Gasteiger partial charge on any atom is -0.372 e. The van der Waals surface area contributed by atoms with Gasteiger partial charge in [0, 0.05) is 26.2 Å². The van der Waals surface area contributed by atoms with Crippen LogP contribution in [0, 0.1) is 11.8 Å². The number of hydrogen-bond donors (Lipinski definition) is 1. The molecule has 1 aliphatic carbocycles. The average molecular weight is 212 g/mol. The molecule has 4 atom stereocenters. The highest BCUT2D eigenvalue weighted by molar-refractivity contribution is 5.80. The fraction of sp³-hybridized carbons (Fsp3) is 0.909. The zero-order chi connectivity index (χ0) is 11.0. The van der Waals surface area contributed by atoms with Crippen LogP contribution < -0.4 is 5.73 Å². The van der Waals surface area contributed by atoms with Crippen molar-refractivity contribution in [2.75, 3.05) is 20.2 Å². The first-order valence-corrected chi connectivity index (χ1v) is 5.70. The van der Waals surface area contributed by atoms with Gasteiger partial charge in [-0.3, -0.25) is 4.79 Å². The molecule has 0 aromatic heterocycles. The van der Waals surface area contributed by atoms with Gasteiger partial charge in [-0.25, -0.2) is 0 Å². The quantitative estimate of drug-likeness (QED) is 0.712. The van der Waals surface area contributed by atoms with Crippen molar-refractivity contribution in [3.05, 3.63) is 0 Å². The number of ether oxygens (including phenoxy) is 1. The van der Waals surface area contributed by atoms with Gasteiger partial charge in [0.25, 0.3) is 5.91 Å². The Hall–Kier alpha value is -0.610. The Balaban J connectivity index is 1.96. The molecule has 1 aliphatic heterocycles. The van der Waals surface area contributed by atoms with Crippen LogP contribution in [0.15, 0.2) is 0 Å². The van der Waals surface area contributed by atoms with Crippen LogP contribution in [0.2, 0.25) is 0 Å². The molecule has 86 valence electrons. The lowest BCUT2D eigenvalue weighted by molar-refractivity contribution is -0.140. The second kappa shape index (κ2) is 4.10. The largest absolute Gasteiger partial charge is 0.372 e. The van der Waals surface area contributed by atoms with E-state index in [4.69, 9.17) is 10.5 Å². The van der Waals surface area contributed by atoms with Gasteiger partial charge in [-0.2, -0.15) is 0 Å². The molecule has 1 heterocycles. The number of hydrogen-bond acceptors (Lipinski definition) is 3. The summed E-state index contributed by atoms with van der Waals surface area (Å²) in [6.45, 7) is 3.51. The van der Waals surface area contributed by atoms with Gasteiger partial charge in [-0.15, -0.1) is 0 Å². The first-order chi connectivity index (χ1) is 7.13. The average Bonchev–Trinajstić information content (AvgIpc) is 2.79. The third-order valence-corrected chi connectivity index (χ3v) is 3.93. The Labute approximate surface area is 90.8 Å². The summed E-state index contributed by atoms with van der Waals surface area (Å²) >= 11 is 0. The smallest absolute Gasteiger partial charge is 0.251 e. The Morgan fingerprint density at radius 1 is 1.47 bits per heavy atom. The van der Waals surface area contributed by atoms with Gasteiger partial charge < -0.3 is 15.4 Å². The summed E-state index contributed by atoms with van der Waals surface area (Å²) in [5.74, 6) is 1.27. The highest BCUT2D eigenvalue weighted by atomic mass is 16.5. The molecule has 1 amide bonds. The zero-order valence-electron chi connectivity index (χ0n) is 9.48. The van der Waals surface area contributed by atoms with Crippen molar-refractivity contribution in [2.45, 2.75) is 31.9 Å². The van der Waals surface area contributed by atoms with Gasteiger partial charge in [0.2, 0.25) is 0 Å². The van der Waals surface area contributed by atoms with Crippen LogP contribution in [0.25, 0.3) is 0 Å². The lowest BCUT2D eigenvalue weighted by Gasteiger charge is -2.21. The number of amides is 1. The van der Waals surface area contributed by atoms with Crippen LogP contribution in [0.3, 0.4) is 0 Å². The fourth-order valence-corrected chi connectivity index (χ4v) is 2.85. The Kier molecular flexibility index (Phi) is 2.98. The molecule has 0 aromatic rings. The van der Waals surface area contributed by atoms with Gasteiger partial charge in [0.1, 0.15) is 6.10 Å². The number of nitrogens with zero attached hydrogens (tertiary/aromatic N) is 1. The van der Waals surface area contributed by atoms with Gasteiger partial charge in [-0.1, -0.05) is 0 Å². The van der Waals surface area contributed by atoms with Crippen molar-refractivity contribution in [3.8, 4) is 0 Å². The summed E-state index contributed by atoms with van der Waals surface area (Å²) in [5.41, 5.74) is 6.02. The lowest BCUT2D eigenvalue weighted by atomic mass is 9.98. The Bertz CT molecular complexity index is 257. The van der Waals surface area contributed by atoms with E-state index in [1.54, 1.807) is 14.0 Å². The second-order valence-electron chi connectivity index (χ2n) is 4.79. The summed E-state index contributed by atoms with van der Waals surface area (Å²) in [6.07, 6.45) is 1.98. The van der Waals surface area contributed by atoms with Crippen LogP contribution in [0.4, 0.5) is 0 Å². The van der Waals surface area contributed by atoms with Crippen LogP contribution in [-0.2, 0) is 9.53 Å². The molecule has 4 heteroatoms. The number of rotatable bonds is 2. The van der Waals surface area contributed by atoms with Crippen LogP contribution in [0.1, 0.15) is 19.8 Å². The lowest BCUT2D eigenvalue weighted by Crippen LogP contribution is -2.39. The number of likely N-dealkylation sites (tertiary alicyclic amines) is 1. The van der Waals surface area contributed by atoms with E-state index in [-0.39, 0.29) is 12.0 Å². The predicted octanol–water partition coefficient (Wildman–Crippen LogP) is 0.217. The molecular formula is C11H20N2O2. The van der Waals surface area contributed by atoms with E-state index in [0.717, 1.165) is 19.5 Å². The highest BCUT2D eigenvalue weighted by Gasteiger charge is 2.43. The van der Waals surface area contributed by atoms with E-state index >= 15 is 0 Å². The zero-order valence-corrected chi connectivity index (χ0v) is 9.48. The van der Waals surface area contributed by atoms with Crippen molar-refractivity contribution >= 4 is 5.91 Å². The molecule has 15 heavy (non-hydrogen) atoms. The second-order valence-corrected chi connectivity index (χ2v) is 4.79. The van der Waals surface area contributed by atoms with E-state index in [0.29, 0.717) is 17.9 Å². The van der Waals surface area contributed by atoms with Crippen molar-refractivity contribution in [2.24, 2.45) is 17.6 Å². The van der Waals surface area contributed by atoms with Crippen molar-refractivity contribution in [1.29, 1.82) is 0 Å². The van der Waals surface area contributed by atoms with E-state index in [1.165, 1.54) is 6.42 Å². The molecule has 4 unspecified atom stereocenters. The molecule has 2 aliphatic rings. The topological polar surface area (TPSA) is 55.6 Å². The summed E-state index contributed by atoms with van der Waals surface area (Å²) in [7, 11) is 1.57. The maximum Gasteiger partial charge on any atom is 0.251 e. The predicted molar refractivity (Wildman–Crippen MR) is 57.2 cm³/mol. The van der Waals surface area contributed by atoms with Gasteiger partial charge in [0.15, 0.2) is 0 Å². The van der Waals surface area contributed by atoms with Crippen LogP contribution >= 0.6 is 0 Å². The Morgan fingerprint density at radius 3 is 2.80 bits per heavy atom. The van der Waals surface area contributed by atoms with E-state index < -0.39 is 0 Å². The normalized spacial score (nSPS) is 36.7. The van der Waals surface area contributed by atoms with E-state index in [1.807, 2.05) is 4.90 Å². The number of nitrogens with two attached hydrogens (primary N) is 1. The molecular weight excluding hydrogens is 192 g/mol. The summed E-state index contributed by atoms with van der Waals surface area (Å²) in [4.78, 5) is 13.8. The third kappa shape index (κ3) is 1.88. The van der Waals surface area contributed by atoms with Crippen LogP contribution in [0.5, 0.6) is 0 Å². The van der Waals surface area contributed by atoms with Crippen molar-refractivity contribution < 1.29 is 9.53 Å². The molecule has 2 fully saturated rings. The maximum atomic E-state index is 11.9. The molecule has 0 spiro atoms. The first-order valence-electron chi connectivity index (χ1n) is 5.70. The summed E-state index contributed by atoms with van der Waals surface area (Å²) in [5, 5.41) is 0. The van der Waals surface area contributed by atoms with Gasteiger partial charge in [-0.05, 0) is 31.6 Å². The number of carbonyl (C=O) groups excluding carboxylic acids is 1. The van der Waals surface area contributed by atoms with Gasteiger partial charge in [0.05, 0.1) is 0 Å². The highest BCUT2D eigenvalue weighted by Crippen LogP contribution is 2.37. The standard InChI is InChI=1S/C11H20N2O2/c1-7(15-2)11(14)13-5-8-3-4-10(12)9(8)6-13/h7-10H,3-6,12H2,1-2H3. The number of methoxy groups -OCH3 is 1. The molecule has 0 bridgehead atoms. The maximum absolute atomic E-state index is 11.9. The molecule has 0 radical (unpaired) electrons. The molecule has 2 rings (SSSR count). The Morgan fingerprint density at radius 2 is 2.20 bits per heavy atom. The molecule has 4 nitrogen and oxygen atoms in total. The summed E-state index contributed by atoms with van der Waals surface area (Å²) in [6, 6.07) is 0.297. The van der Waals surface area contributed by atoms with Crippen molar-refractivity contribution in [3.63, 3.8) is 0 Å². The fourth-order valence-electron chi connectivity index (χ4n) is 2.85. The minimum absolute atomic E-state index is 0.110. The molecule has 1 saturated heterocycles. The van der Waals surface area contributed by atoms with E-state index in [2.05, 4.69) is 0 Å².